The molecule has 0 N–H and O–H groups in total. The molecule has 2 unspecified atom stereocenters. The van der Waals surface area contributed by atoms with Crippen LogP contribution in [0.15, 0.2) is 24.3 Å². The van der Waals surface area contributed by atoms with Gasteiger partial charge in [0, 0.05) is 18.0 Å². The highest BCUT2D eigenvalue weighted by atomic mass is 19.1. The number of amides is 2. The number of rotatable bonds is 7. The molecular formula is C24H31FN2O3. The van der Waals surface area contributed by atoms with E-state index in [0.29, 0.717) is 12.1 Å². The lowest BCUT2D eigenvalue weighted by molar-refractivity contribution is -0.140. The highest BCUT2D eigenvalue weighted by molar-refractivity contribution is 6.05. The van der Waals surface area contributed by atoms with Crippen LogP contribution in [0.25, 0.3) is 0 Å². The molecule has 2 aliphatic heterocycles. The lowest BCUT2D eigenvalue weighted by atomic mass is 9.81. The zero-order valence-corrected chi connectivity index (χ0v) is 17.5. The van der Waals surface area contributed by atoms with Crippen LogP contribution in [0.3, 0.4) is 0 Å². The Labute approximate surface area is 177 Å². The first kappa shape index (κ1) is 21.2. The number of carbonyl (C=O) groups is 3. The third-order valence-corrected chi connectivity index (χ3v) is 7.13. The van der Waals surface area contributed by atoms with E-state index < -0.39 is 0 Å². The first-order valence-electron chi connectivity index (χ1n) is 11.4. The summed E-state index contributed by atoms with van der Waals surface area (Å²) in [6.07, 6.45) is 7.30. The Balaban J connectivity index is 1.17. The SMILES string of the molecule is O=C(c1ccc(F)cc1)C1CCN(CCCCN2C(=O)C3CCCCC3C2=O)CC1. The van der Waals surface area contributed by atoms with Gasteiger partial charge < -0.3 is 4.90 Å². The van der Waals surface area contributed by atoms with Gasteiger partial charge in [-0.3, -0.25) is 19.3 Å². The van der Waals surface area contributed by atoms with Crippen molar-refractivity contribution in [3.05, 3.63) is 35.6 Å². The van der Waals surface area contributed by atoms with Gasteiger partial charge in [-0.15, -0.1) is 0 Å². The Morgan fingerprint density at radius 1 is 0.867 bits per heavy atom. The summed E-state index contributed by atoms with van der Waals surface area (Å²) in [6.45, 7) is 3.23. The predicted octanol–water partition coefficient (Wildman–Crippen LogP) is 3.68. The topological polar surface area (TPSA) is 57.7 Å². The summed E-state index contributed by atoms with van der Waals surface area (Å²) in [7, 11) is 0. The van der Waals surface area contributed by atoms with E-state index in [9.17, 15) is 18.8 Å². The Morgan fingerprint density at radius 2 is 1.43 bits per heavy atom. The molecule has 0 spiro atoms. The first-order chi connectivity index (χ1) is 14.5. The molecule has 3 aliphatic rings. The van der Waals surface area contributed by atoms with E-state index in [-0.39, 0.29) is 41.2 Å². The van der Waals surface area contributed by atoms with Gasteiger partial charge in [0.25, 0.3) is 0 Å². The van der Waals surface area contributed by atoms with Crippen molar-refractivity contribution in [2.24, 2.45) is 17.8 Å². The Morgan fingerprint density at radius 3 is 2.03 bits per heavy atom. The quantitative estimate of drug-likeness (QED) is 0.388. The highest BCUT2D eigenvalue weighted by Gasteiger charge is 2.47. The third-order valence-electron chi connectivity index (χ3n) is 7.13. The fourth-order valence-corrected chi connectivity index (χ4v) is 5.33. The van der Waals surface area contributed by atoms with E-state index in [1.54, 1.807) is 12.1 Å². The molecule has 6 heteroatoms. The zero-order valence-electron chi connectivity index (χ0n) is 17.5. The summed E-state index contributed by atoms with van der Waals surface area (Å²) in [5, 5.41) is 0. The molecule has 5 nitrogen and oxygen atoms in total. The van der Waals surface area contributed by atoms with Gasteiger partial charge in [0.05, 0.1) is 11.8 Å². The standard InChI is InChI=1S/C24H31FN2O3/c25-19-9-7-17(8-10-19)22(28)18-11-15-26(16-12-18)13-3-4-14-27-23(29)20-5-1-2-6-21(20)24(27)30/h7-10,18,20-21H,1-6,11-16H2. The maximum Gasteiger partial charge on any atom is 0.233 e. The third kappa shape index (κ3) is 4.48. The van der Waals surface area contributed by atoms with E-state index >= 15 is 0 Å². The molecule has 162 valence electrons. The van der Waals surface area contributed by atoms with E-state index in [1.807, 2.05) is 0 Å². The van der Waals surface area contributed by atoms with Crippen molar-refractivity contribution in [2.75, 3.05) is 26.2 Å². The number of fused-ring (bicyclic) bond motifs is 1. The molecular weight excluding hydrogens is 383 g/mol. The minimum atomic E-state index is -0.322. The van der Waals surface area contributed by atoms with Gasteiger partial charge in [0.2, 0.25) is 11.8 Å². The number of piperidine rings is 1. The number of halogens is 1. The van der Waals surface area contributed by atoms with Crippen LogP contribution in [0.4, 0.5) is 4.39 Å². The zero-order chi connectivity index (χ0) is 21.1. The van der Waals surface area contributed by atoms with Crippen molar-refractivity contribution >= 4 is 17.6 Å². The number of Topliss-reactive ketones (excluding diaryl/α,β-unsaturated/α-hetero) is 1. The summed E-state index contributed by atoms with van der Waals surface area (Å²) in [5.41, 5.74) is 0.593. The molecule has 1 aliphatic carbocycles. The predicted molar refractivity (Wildman–Crippen MR) is 111 cm³/mol. The molecule has 4 rings (SSSR count). The number of hydrogen-bond donors (Lipinski definition) is 0. The van der Waals surface area contributed by atoms with Crippen molar-refractivity contribution < 1.29 is 18.8 Å². The molecule has 1 aromatic rings. The number of imide groups is 1. The molecule has 2 amide bonds. The number of unbranched alkanes of at least 4 members (excludes halogenated alkanes) is 1. The van der Waals surface area contributed by atoms with Crippen LogP contribution in [0.2, 0.25) is 0 Å². The van der Waals surface area contributed by atoms with E-state index in [0.717, 1.165) is 71.0 Å². The van der Waals surface area contributed by atoms with Crippen LogP contribution >= 0.6 is 0 Å². The Bertz CT molecular complexity index is 762. The lowest BCUT2D eigenvalue weighted by Crippen LogP contribution is -2.37. The summed E-state index contributed by atoms with van der Waals surface area (Å²) in [6, 6.07) is 5.82. The summed E-state index contributed by atoms with van der Waals surface area (Å²) < 4.78 is 13.1. The molecule has 0 bridgehead atoms. The second kappa shape index (κ2) is 9.38. The van der Waals surface area contributed by atoms with Gasteiger partial charge in [-0.2, -0.15) is 0 Å². The van der Waals surface area contributed by atoms with E-state index in [4.69, 9.17) is 0 Å². The number of likely N-dealkylation sites (tertiary alicyclic amines) is 2. The molecule has 30 heavy (non-hydrogen) atoms. The Kier molecular flexibility index (Phi) is 6.61. The highest BCUT2D eigenvalue weighted by Crippen LogP contribution is 2.38. The normalized spacial score (nSPS) is 25.6. The summed E-state index contributed by atoms with van der Waals surface area (Å²) >= 11 is 0. The molecule has 1 aromatic carbocycles. The molecule has 0 aromatic heterocycles. The largest absolute Gasteiger partial charge is 0.303 e. The minimum absolute atomic E-state index is 0.00917. The van der Waals surface area contributed by atoms with Gasteiger partial charge in [0.15, 0.2) is 5.78 Å². The second-order valence-electron chi connectivity index (χ2n) is 9.02. The maximum atomic E-state index is 13.1. The fraction of sp³-hybridized carbons (Fsp3) is 0.625. The van der Waals surface area contributed by atoms with Gasteiger partial charge in [-0.05, 0) is 82.4 Å². The van der Waals surface area contributed by atoms with E-state index in [2.05, 4.69) is 4.90 Å². The summed E-state index contributed by atoms with van der Waals surface area (Å²) in [4.78, 5) is 41.5. The van der Waals surface area contributed by atoms with Crippen molar-refractivity contribution in [3.63, 3.8) is 0 Å². The molecule has 0 radical (unpaired) electrons. The molecule has 2 atom stereocenters. The molecule has 2 heterocycles. The number of nitrogens with zero attached hydrogens (tertiary/aromatic N) is 2. The fourth-order valence-electron chi connectivity index (χ4n) is 5.33. The smallest absolute Gasteiger partial charge is 0.233 e. The van der Waals surface area contributed by atoms with Crippen molar-refractivity contribution in [2.45, 2.75) is 51.4 Å². The van der Waals surface area contributed by atoms with Crippen LogP contribution in [0.1, 0.15) is 61.7 Å². The number of benzene rings is 1. The van der Waals surface area contributed by atoms with Gasteiger partial charge >= 0.3 is 0 Å². The monoisotopic (exact) mass is 414 g/mol. The van der Waals surface area contributed by atoms with Crippen molar-refractivity contribution in [1.29, 1.82) is 0 Å². The average Bonchev–Trinajstić information content (AvgIpc) is 3.02. The lowest BCUT2D eigenvalue weighted by Gasteiger charge is -2.31. The van der Waals surface area contributed by atoms with Crippen LogP contribution < -0.4 is 0 Å². The van der Waals surface area contributed by atoms with Crippen molar-refractivity contribution in [3.8, 4) is 0 Å². The molecule has 2 saturated heterocycles. The maximum absolute atomic E-state index is 13.1. The number of carbonyl (C=O) groups excluding carboxylic acids is 3. The van der Waals surface area contributed by atoms with Gasteiger partial charge in [0.1, 0.15) is 5.82 Å². The molecule has 1 saturated carbocycles. The average molecular weight is 415 g/mol. The van der Waals surface area contributed by atoms with Crippen LogP contribution in [0.5, 0.6) is 0 Å². The van der Waals surface area contributed by atoms with Crippen LogP contribution in [0, 0.1) is 23.6 Å². The van der Waals surface area contributed by atoms with Gasteiger partial charge in [-0.1, -0.05) is 12.8 Å². The van der Waals surface area contributed by atoms with E-state index in [1.165, 1.54) is 17.0 Å². The Hall–Kier alpha value is -2.08. The van der Waals surface area contributed by atoms with Crippen LogP contribution in [-0.2, 0) is 9.59 Å². The molecule has 3 fully saturated rings. The first-order valence-corrected chi connectivity index (χ1v) is 11.4. The second-order valence-corrected chi connectivity index (χ2v) is 9.02. The summed E-state index contributed by atoms with van der Waals surface area (Å²) in [5.74, 6) is -0.183. The van der Waals surface area contributed by atoms with Gasteiger partial charge in [-0.25, -0.2) is 4.39 Å². The minimum Gasteiger partial charge on any atom is -0.303 e. The number of hydrogen-bond acceptors (Lipinski definition) is 4. The van der Waals surface area contributed by atoms with Crippen LogP contribution in [-0.4, -0.2) is 53.6 Å². The number of ketones is 1. The van der Waals surface area contributed by atoms with Crippen molar-refractivity contribution in [1.82, 2.24) is 9.80 Å².